The van der Waals surface area contributed by atoms with Crippen LogP contribution in [0.2, 0.25) is 0 Å². The molecule has 0 unspecified atom stereocenters. The van der Waals surface area contributed by atoms with Crippen LogP contribution in [-0.4, -0.2) is 30.7 Å². The van der Waals surface area contributed by atoms with Gasteiger partial charge in [-0.05, 0) is 30.7 Å². The monoisotopic (exact) mass is 297 g/mol. The Balaban J connectivity index is 1.54. The fourth-order valence-electron chi connectivity index (χ4n) is 2.81. The van der Waals surface area contributed by atoms with E-state index in [0.717, 1.165) is 31.2 Å². The Hall–Kier alpha value is -2.07. The molecule has 1 atom stereocenters. The third-order valence-corrected chi connectivity index (χ3v) is 3.97. The van der Waals surface area contributed by atoms with Crippen molar-refractivity contribution in [2.75, 3.05) is 24.5 Å². The van der Waals surface area contributed by atoms with Crippen molar-refractivity contribution in [3.63, 3.8) is 0 Å². The van der Waals surface area contributed by atoms with E-state index in [2.05, 4.69) is 40.3 Å². The number of hydrogen-bond acceptors (Lipinski definition) is 4. The molecule has 0 saturated carbocycles. The Morgan fingerprint density at radius 3 is 2.82 bits per heavy atom. The number of pyridine rings is 1. The molecule has 1 saturated heterocycles. The van der Waals surface area contributed by atoms with E-state index in [1.807, 2.05) is 30.5 Å². The number of likely N-dealkylation sites (N-methyl/N-ethyl adjacent to an activating group) is 1. The molecule has 1 aromatic heterocycles. The number of ether oxygens (including phenoxy) is 1. The summed E-state index contributed by atoms with van der Waals surface area (Å²) in [6.07, 6.45) is 3.00. The van der Waals surface area contributed by atoms with Crippen LogP contribution in [-0.2, 0) is 6.61 Å². The molecule has 0 bridgehead atoms. The number of rotatable bonds is 6. The molecule has 1 aliphatic rings. The zero-order valence-electron chi connectivity index (χ0n) is 13.0. The predicted octanol–water partition coefficient (Wildman–Crippen LogP) is 2.85. The third-order valence-electron chi connectivity index (χ3n) is 3.97. The highest BCUT2D eigenvalue weighted by atomic mass is 16.5. The summed E-state index contributed by atoms with van der Waals surface area (Å²) in [4.78, 5) is 6.87. The molecule has 1 aromatic carbocycles. The second-order valence-electron chi connectivity index (χ2n) is 5.62. The first-order chi connectivity index (χ1) is 10.8. The van der Waals surface area contributed by atoms with Crippen molar-refractivity contribution >= 4 is 5.82 Å². The Morgan fingerprint density at radius 1 is 1.23 bits per heavy atom. The van der Waals surface area contributed by atoms with Gasteiger partial charge in [-0.25, -0.2) is 4.98 Å². The number of anilines is 1. The zero-order chi connectivity index (χ0) is 15.2. The van der Waals surface area contributed by atoms with Gasteiger partial charge in [0.05, 0.1) is 6.20 Å². The lowest BCUT2D eigenvalue weighted by atomic mass is 10.2. The van der Waals surface area contributed by atoms with Gasteiger partial charge in [0.25, 0.3) is 0 Å². The minimum absolute atomic E-state index is 0.577. The molecular formula is C18H23N3O. The van der Waals surface area contributed by atoms with Crippen molar-refractivity contribution in [3.8, 4) is 5.75 Å². The van der Waals surface area contributed by atoms with E-state index in [9.17, 15) is 0 Å². The number of aromatic nitrogens is 1. The summed E-state index contributed by atoms with van der Waals surface area (Å²) in [5.74, 6) is 1.85. The maximum Gasteiger partial charge on any atom is 0.138 e. The van der Waals surface area contributed by atoms with Gasteiger partial charge in [-0.2, -0.15) is 0 Å². The number of nitrogens with one attached hydrogen (secondary N) is 1. The van der Waals surface area contributed by atoms with E-state index in [-0.39, 0.29) is 0 Å². The fraction of sp³-hybridized carbons (Fsp3) is 0.389. The van der Waals surface area contributed by atoms with Crippen molar-refractivity contribution in [1.82, 2.24) is 10.3 Å². The molecule has 0 spiro atoms. The molecule has 22 heavy (non-hydrogen) atoms. The van der Waals surface area contributed by atoms with Gasteiger partial charge in [0, 0.05) is 19.1 Å². The summed E-state index contributed by atoms with van der Waals surface area (Å²) in [5, 5.41) is 3.50. The van der Waals surface area contributed by atoms with Crippen LogP contribution < -0.4 is 15.0 Å². The maximum atomic E-state index is 5.78. The van der Waals surface area contributed by atoms with Crippen LogP contribution in [0.4, 0.5) is 5.82 Å². The van der Waals surface area contributed by atoms with Gasteiger partial charge in [-0.1, -0.05) is 37.3 Å². The quantitative estimate of drug-likeness (QED) is 0.889. The second kappa shape index (κ2) is 7.27. The lowest BCUT2D eigenvalue weighted by molar-refractivity contribution is 0.305. The van der Waals surface area contributed by atoms with Crippen LogP contribution in [0.5, 0.6) is 5.75 Å². The minimum Gasteiger partial charge on any atom is -0.487 e. The summed E-state index contributed by atoms with van der Waals surface area (Å²) < 4.78 is 5.78. The van der Waals surface area contributed by atoms with Crippen molar-refractivity contribution < 1.29 is 4.74 Å². The molecule has 0 radical (unpaired) electrons. The normalized spacial score (nSPS) is 17.7. The predicted molar refractivity (Wildman–Crippen MR) is 89.3 cm³/mol. The van der Waals surface area contributed by atoms with Gasteiger partial charge < -0.3 is 15.0 Å². The first kappa shape index (κ1) is 14.9. The molecule has 0 aliphatic carbocycles. The Morgan fingerprint density at radius 2 is 2.09 bits per heavy atom. The number of hydrogen-bond donors (Lipinski definition) is 1. The largest absolute Gasteiger partial charge is 0.487 e. The molecule has 4 nitrogen and oxygen atoms in total. The summed E-state index contributed by atoms with van der Waals surface area (Å²) in [7, 11) is 0. The molecule has 1 aliphatic heterocycles. The average molecular weight is 297 g/mol. The van der Waals surface area contributed by atoms with Gasteiger partial charge in [0.15, 0.2) is 0 Å². The Kier molecular flexibility index (Phi) is 4.91. The zero-order valence-corrected chi connectivity index (χ0v) is 13.0. The molecule has 0 amide bonds. The first-order valence-electron chi connectivity index (χ1n) is 7.96. The van der Waals surface area contributed by atoms with E-state index in [4.69, 9.17) is 4.74 Å². The van der Waals surface area contributed by atoms with Gasteiger partial charge in [0.2, 0.25) is 0 Å². The SMILES string of the molecule is CCN[C@H]1CCN(c2ccc(OCc3ccccc3)cn2)C1. The van der Waals surface area contributed by atoms with E-state index >= 15 is 0 Å². The average Bonchev–Trinajstić information content (AvgIpc) is 3.03. The molecule has 1 fully saturated rings. The van der Waals surface area contributed by atoms with E-state index in [1.54, 1.807) is 0 Å². The van der Waals surface area contributed by atoms with E-state index < -0.39 is 0 Å². The van der Waals surface area contributed by atoms with Crippen LogP contribution >= 0.6 is 0 Å². The Labute approximate surface area is 132 Å². The summed E-state index contributed by atoms with van der Waals surface area (Å²) >= 11 is 0. The van der Waals surface area contributed by atoms with Gasteiger partial charge >= 0.3 is 0 Å². The molecule has 2 heterocycles. The smallest absolute Gasteiger partial charge is 0.138 e. The number of nitrogens with zero attached hydrogens (tertiary/aromatic N) is 2. The second-order valence-corrected chi connectivity index (χ2v) is 5.62. The van der Waals surface area contributed by atoms with Crippen molar-refractivity contribution in [3.05, 3.63) is 54.2 Å². The molecule has 3 rings (SSSR count). The van der Waals surface area contributed by atoms with Crippen LogP contribution in [0, 0.1) is 0 Å². The van der Waals surface area contributed by atoms with Crippen LogP contribution in [0.1, 0.15) is 18.9 Å². The highest BCUT2D eigenvalue weighted by Crippen LogP contribution is 2.21. The number of benzene rings is 1. The van der Waals surface area contributed by atoms with Crippen LogP contribution in [0.15, 0.2) is 48.7 Å². The van der Waals surface area contributed by atoms with E-state index in [0.29, 0.717) is 12.6 Å². The Bertz CT molecular complexity index is 571. The highest BCUT2D eigenvalue weighted by molar-refractivity contribution is 5.42. The topological polar surface area (TPSA) is 37.4 Å². The summed E-state index contributed by atoms with van der Waals surface area (Å²) in [5.41, 5.74) is 1.17. The van der Waals surface area contributed by atoms with Gasteiger partial charge in [-0.3, -0.25) is 0 Å². The molecule has 116 valence electrons. The molecule has 1 N–H and O–H groups in total. The summed E-state index contributed by atoms with van der Waals surface area (Å²) in [6, 6.07) is 14.8. The van der Waals surface area contributed by atoms with Crippen LogP contribution in [0.3, 0.4) is 0 Å². The molecule has 4 heteroatoms. The van der Waals surface area contributed by atoms with Gasteiger partial charge in [0.1, 0.15) is 18.2 Å². The van der Waals surface area contributed by atoms with E-state index in [1.165, 1.54) is 12.0 Å². The fourth-order valence-corrected chi connectivity index (χ4v) is 2.81. The van der Waals surface area contributed by atoms with Crippen LogP contribution in [0.25, 0.3) is 0 Å². The molecule has 2 aromatic rings. The van der Waals surface area contributed by atoms with Crippen molar-refractivity contribution in [2.45, 2.75) is 26.0 Å². The lowest BCUT2D eigenvalue weighted by Crippen LogP contribution is -2.32. The maximum absolute atomic E-state index is 5.78. The van der Waals surface area contributed by atoms with Crippen molar-refractivity contribution in [2.24, 2.45) is 0 Å². The minimum atomic E-state index is 0.577. The summed E-state index contributed by atoms with van der Waals surface area (Å²) in [6.45, 7) is 5.85. The standard InChI is InChI=1S/C18H23N3O/c1-2-19-16-10-11-21(13-16)18-9-8-17(12-20-18)22-14-15-6-4-3-5-7-15/h3-9,12,16,19H,2,10-11,13-14H2,1H3/t16-/m0/s1. The molecular weight excluding hydrogens is 274 g/mol. The lowest BCUT2D eigenvalue weighted by Gasteiger charge is -2.18. The van der Waals surface area contributed by atoms with Gasteiger partial charge in [-0.15, -0.1) is 0 Å². The first-order valence-corrected chi connectivity index (χ1v) is 7.96. The highest BCUT2D eigenvalue weighted by Gasteiger charge is 2.22. The van der Waals surface area contributed by atoms with Crippen molar-refractivity contribution in [1.29, 1.82) is 0 Å². The third kappa shape index (κ3) is 3.77.